The molecular weight excluding hydrogens is 245 g/mol. The van der Waals surface area contributed by atoms with Crippen LogP contribution in [-0.4, -0.2) is 26.1 Å². The molecule has 1 aromatic carbocycles. The van der Waals surface area contributed by atoms with Crippen molar-refractivity contribution in [2.24, 2.45) is 0 Å². The van der Waals surface area contributed by atoms with Gasteiger partial charge in [-0.05, 0) is 26.0 Å². The fraction of sp³-hybridized carbons (Fsp3) is 0.364. The zero-order valence-corrected chi connectivity index (χ0v) is 10.4. The number of hydrogen-bond acceptors (Lipinski definition) is 3. The largest absolute Gasteiger partial charge is 0.355 e. The van der Waals surface area contributed by atoms with Crippen LogP contribution in [0.25, 0.3) is 0 Å². The van der Waals surface area contributed by atoms with Gasteiger partial charge in [0.2, 0.25) is 5.91 Å². The van der Waals surface area contributed by atoms with Crippen molar-refractivity contribution in [1.82, 2.24) is 5.32 Å². The number of amides is 1. The molecule has 0 saturated carbocycles. The van der Waals surface area contributed by atoms with Gasteiger partial charge in [-0.3, -0.25) is 4.79 Å². The molecule has 0 aliphatic rings. The predicted octanol–water partition coefficient (Wildman–Crippen LogP) is 1.12. The molecule has 0 aromatic heterocycles. The van der Waals surface area contributed by atoms with Gasteiger partial charge in [0.25, 0.3) is 0 Å². The summed E-state index contributed by atoms with van der Waals surface area (Å²) in [7, 11) is -3.98. The quantitative estimate of drug-likeness (QED) is 0.881. The van der Waals surface area contributed by atoms with Gasteiger partial charge in [0.15, 0.2) is 9.84 Å². The van der Waals surface area contributed by atoms with Crippen molar-refractivity contribution in [2.45, 2.75) is 24.0 Å². The summed E-state index contributed by atoms with van der Waals surface area (Å²) in [6.45, 7) is 3.25. The number of carbonyl (C=O) groups excluding carboxylic acids is 1. The third kappa shape index (κ3) is 2.82. The van der Waals surface area contributed by atoms with Crippen molar-refractivity contribution in [3.8, 4) is 0 Å². The Morgan fingerprint density at radius 3 is 2.53 bits per heavy atom. The Bertz CT molecular complexity index is 513. The Balaban J connectivity index is 3.12. The highest BCUT2D eigenvalue weighted by Gasteiger charge is 2.31. The van der Waals surface area contributed by atoms with Crippen molar-refractivity contribution in [3.05, 3.63) is 30.1 Å². The van der Waals surface area contributed by atoms with Gasteiger partial charge in [0, 0.05) is 6.54 Å². The topological polar surface area (TPSA) is 63.2 Å². The lowest BCUT2D eigenvalue weighted by Crippen LogP contribution is -2.38. The monoisotopic (exact) mass is 259 g/mol. The Morgan fingerprint density at radius 2 is 2.00 bits per heavy atom. The van der Waals surface area contributed by atoms with E-state index < -0.39 is 31.7 Å². The molecule has 0 bridgehead atoms. The van der Waals surface area contributed by atoms with E-state index in [1.807, 2.05) is 0 Å². The van der Waals surface area contributed by atoms with E-state index >= 15 is 0 Å². The lowest BCUT2D eigenvalue weighted by molar-refractivity contribution is -0.120. The summed E-state index contributed by atoms with van der Waals surface area (Å²) in [5.74, 6) is -1.47. The van der Waals surface area contributed by atoms with Gasteiger partial charge < -0.3 is 5.32 Å². The van der Waals surface area contributed by atoms with Crippen LogP contribution >= 0.6 is 0 Å². The molecule has 0 aliphatic heterocycles. The van der Waals surface area contributed by atoms with Gasteiger partial charge in [0.05, 0.1) is 0 Å². The first kappa shape index (κ1) is 13.6. The Kier molecular flexibility index (Phi) is 4.22. The van der Waals surface area contributed by atoms with E-state index in [1.165, 1.54) is 19.1 Å². The number of rotatable bonds is 4. The number of halogens is 1. The Labute approximate surface area is 99.8 Å². The second-order valence-electron chi connectivity index (χ2n) is 3.51. The standard InChI is InChI=1S/C11H14FNO3S/c1-3-13-11(14)8(2)17(15,16)10-7-5-4-6-9(10)12/h4-8H,3H2,1-2H3,(H,13,14). The molecule has 1 amide bonds. The van der Waals surface area contributed by atoms with E-state index in [0.717, 1.165) is 12.1 Å². The number of sulfone groups is 1. The molecule has 1 N–H and O–H groups in total. The molecule has 0 saturated heterocycles. The molecule has 17 heavy (non-hydrogen) atoms. The van der Waals surface area contributed by atoms with Crippen molar-refractivity contribution in [3.63, 3.8) is 0 Å². The van der Waals surface area contributed by atoms with Crippen LogP contribution in [0.3, 0.4) is 0 Å². The number of carbonyl (C=O) groups is 1. The fourth-order valence-corrected chi connectivity index (χ4v) is 2.68. The summed E-state index contributed by atoms with van der Waals surface area (Å²) in [6.07, 6.45) is 0. The highest BCUT2D eigenvalue weighted by molar-refractivity contribution is 7.92. The molecule has 1 atom stereocenters. The van der Waals surface area contributed by atoms with E-state index in [-0.39, 0.29) is 0 Å². The van der Waals surface area contributed by atoms with Crippen LogP contribution in [-0.2, 0) is 14.6 Å². The minimum absolute atomic E-state index is 0.329. The first-order valence-electron chi connectivity index (χ1n) is 5.17. The maximum Gasteiger partial charge on any atom is 0.238 e. The molecular formula is C11H14FNO3S. The highest BCUT2D eigenvalue weighted by atomic mass is 32.2. The van der Waals surface area contributed by atoms with Crippen LogP contribution in [0, 0.1) is 5.82 Å². The maximum absolute atomic E-state index is 13.4. The minimum Gasteiger partial charge on any atom is -0.355 e. The Morgan fingerprint density at radius 1 is 1.41 bits per heavy atom. The van der Waals surface area contributed by atoms with E-state index in [0.29, 0.717) is 6.54 Å². The molecule has 94 valence electrons. The van der Waals surface area contributed by atoms with Crippen molar-refractivity contribution in [1.29, 1.82) is 0 Å². The first-order chi connectivity index (χ1) is 7.91. The second-order valence-corrected chi connectivity index (χ2v) is 5.75. The molecule has 0 radical (unpaired) electrons. The number of nitrogens with one attached hydrogen (secondary N) is 1. The normalized spacial score (nSPS) is 13.1. The third-order valence-corrected chi connectivity index (χ3v) is 4.42. The number of hydrogen-bond donors (Lipinski definition) is 1. The molecule has 4 nitrogen and oxygen atoms in total. The summed E-state index contributed by atoms with van der Waals surface area (Å²) in [5.41, 5.74) is 0. The number of benzene rings is 1. The smallest absolute Gasteiger partial charge is 0.238 e. The average Bonchev–Trinajstić information content (AvgIpc) is 2.28. The Hall–Kier alpha value is -1.43. The van der Waals surface area contributed by atoms with Gasteiger partial charge in [-0.1, -0.05) is 12.1 Å². The maximum atomic E-state index is 13.4. The third-order valence-electron chi connectivity index (χ3n) is 2.33. The van der Waals surface area contributed by atoms with Crippen LogP contribution < -0.4 is 5.32 Å². The zero-order chi connectivity index (χ0) is 13.1. The summed E-state index contributed by atoms with van der Waals surface area (Å²) in [6, 6.07) is 5.02. The van der Waals surface area contributed by atoms with E-state index in [9.17, 15) is 17.6 Å². The summed E-state index contributed by atoms with van der Waals surface area (Å²) in [5, 5.41) is 1.09. The van der Waals surface area contributed by atoms with Crippen LogP contribution in [0.2, 0.25) is 0 Å². The predicted molar refractivity (Wildman–Crippen MR) is 61.7 cm³/mol. The summed E-state index contributed by atoms with van der Waals surface area (Å²) in [4.78, 5) is 11.0. The molecule has 0 fully saturated rings. The van der Waals surface area contributed by atoms with Crippen molar-refractivity contribution < 1.29 is 17.6 Å². The van der Waals surface area contributed by atoms with Gasteiger partial charge in [0.1, 0.15) is 16.0 Å². The van der Waals surface area contributed by atoms with Gasteiger partial charge in [-0.25, -0.2) is 12.8 Å². The minimum atomic E-state index is -3.98. The summed E-state index contributed by atoms with van der Waals surface area (Å²) >= 11 is 0. The van der Waals surface area contributed by atoms with Crippen molar-refractivity contribution >= 4 is 15.7 Å². The van der Waals surface area contributed by atoms with Gasteiger partial charge >= 0.3 is 0 Å². The lowest BCUT2D eigenvalue weighted by Gasteiger charge is -2.12. The van der Waals surface area contributed by atoms with Crippen LogP contribution in [0.5, 0.6) is 0 Å². The lowest BCUT2D eigenvalue weighted by atomic mass is 10.3. The molecule has 1 unspecified atom stereocenters. The van der Waals surface area contributed by atoms with E-state index in [4.69, 9.17) is 0 Å². The molecule has 1 aromatic rings. The first-order valence-corrected chi connectivity index (χ1v) is 6.72. The van der Waals surface area contributed by atoms with Crippen LogP contribution in [0.15, 0.2) is 29.2 Å². The SMILES string of the molecule is CCNC(=O)C(C)S(=O)(=O)c1ccccc1F. The molecule has 0 heterocycles. The summed E-state index contributed by atoms with van der Waals surface area (Å²) < 4.78 is 37.3. The fourth-order valence-electron chi connectivity index (χ4n) is 1.32. The molecule has 0 spiro atoms. The van der Waals surface area contributed by atoms with E-state index in [1.54, 1.807) is 6.92 Å². The van der Waals surface area contributed by atoms with Gasteiger partial charge in [-0.15, -0.1) is 0 Å². The van der Waals surface area contributed by atoms with E-state index in [2.05, 4.69) is 5.32 Å². The van der Waals surface area contributed by atoms with Crippen LogP contribution in [0.4, 0.5) is 4.39 Å². The molecule has 0 aliphatic carbocycles. The van der Waals surface area contributed by atoms with Crippen molar-refractivity contribution in [2.75, 3.05) is 6.54 Å². The zero-order valence-electron chi connectivity index (χ0n) is 9.60. The van der Waals surface area contributed by atoms with Gasteiger partial charge in [-0.2, -0.15) is 0 Å². The second kappa shape index (κ2) is 5.27. The molecule has 1 rings (SSSR count). The van der Waals surface area contributed by atoms with Crippen LogP contribution in [0.1, 0.15) is 13.8 Å². The average molecular weight is 259 g/mol. The highest BCUT2D eigenvalue weighted by Crippen LogP contribution is 2.19. The molecule has 6 heteroatoms.